The Balaban J connectivity index is 2.24. The van der Waals surface area contributed by atoms with Gasteiger partial charge in [-0.3, -0.25) is 4.98 Å². The van der Waals surface area contributed by atoms with Crippen molar-refractivity contribution in [2.45, 2.75) is 25.8 Å². The molecule has 1 atom stereocenters. The highest BCUT2D eigenvalue weighted by molar-refractivity contribution is 6.42. The lowest BCUT2D eigenvalue weighted by Crippen LogP contribution is -2.25. The highest BCUT2D eigenvalue weighted by Crippen LogP contribution is 2.26. The predicted molar refractivity (Wildman–Crippen MR) is 85.4 cm³/mol. The van der Waals surface area contributed by atoms with Gasteiger partial charge in [-0.2, -0.15) is 0 Å². The van der Waals surface area contributed by atoms with Crippen molar-refractivity contribution in [3.63, 3.8) is 0 Å². The number of halogens is 3. The molecule has 1 aromatic heterocycles. The van der Waals surface area contributed by atoms with Crippen LogP contribution in [0.3, 0.4) is 0 Å². The topological polar surface area (TPSA) is 24.9 Å². The fourth-order valence-electron chi connectivity index (χ4n) is 2.18. The zero-order valence-corrected chi connectivity index (χ0v) is 13.3. The maximum absolute atomic E-state index is 14.0. The number of rotatable bonds is 6. The third kappa shape index (κ3) is 4.40. The summed E-state index contributed by atoms with van der Waals surface area (Å²) in [6, 6.07) is 7.08. The van der Waals surface area contributed by atoms with Gasteiger partial charge < -0.3 is 5.32 Å². The van der Waals surface area contributed by atoms with Gasteiger partial charge in [0.05, 0.1) is 16.2 Å². The number of hydrogen-bond donors (Lipinski definition) is 1. The summed E-state index contributed by atoms with van der Waals surface area (Å²) in [6.45, 7) is 2.89. The van der Waals surface area contributed by atoms with Crippen LogP contribution in [0.2, 0.25) is 10.0 Å². The first-order valence-electron chi connectivity index (χ1n) is 6.88. The van der Waals surface area contributed by atoms with E-state index in [1.54, 1.807) is 18.3 Å². The average Bonchev–Trinajstić information content (AvgIpc) is 2.48. The first-order chi connectivity index (χ1) is 10.1. The van der Waals surface area contributed by atoms with Crippen molar-refractivity contribution in [1.82, 2.24) is 10.3 Å². The molecular formula is C16H17Cl2FN2. The van der Waals surface area contributed by atoms with Crippen LogP contribution in [0.5, 0.6) is 0 Å². The van der Waals surface area contributed by atoms with Crippen LogP contribution >= 0.6 is 23.2 Å². The van der Waals surface area contributed by atoms with E-state index >= 15 is 0 Å². The molecule has 2 rings (SSSR count). The number of pyridine rings is 1. The molecule has 1 heterocycles. The highest BCUT2D eigenvalue weighted by atomic mass is 35.5. The van der Waals surface area contributed by atoms with Gasteiger partial charge in [0.25, 0.3) is 0 Å². The second kappa shape index (κ2) is 7.74. The largest absolute Gasteiger partial charge is 0.310 e. The molecule has 0 aliphatic carbocycles. The minimum Gasteiger partial charge on any atom is -0.310 e. The molecule has 0 spiro atoms. The van der Waals surface area contributed by atoms with Gasteiger partial charge in [-0.25, -0.2) is 4.39 Å². The monoisotopic (exact) mass is 326 g/mol. The van der Waals surface area contributed by atoms with Crippen LogP contribution in [0, 0.1) is 5.82 Å². The molecule has 0 aliphatic heterocycles. The lowest BCUT2D eigenvalue weighted by Gasteiger charge is -2.20. The van der Waals surface area contributed by atoms with Crippen LogP contribution in [0.1, 0.15) is 30.5 Å². The summed E-state index contributed by atoms with van der Waals surface area (Å²) in [5.41, 5.74) is 1.62. The Morgan fingerprint density at radius 2 is 2.05 bits per heavy atom. The molecule has 1 aromatic carbocycles. The van der Waals surface area contributed by atoms with E-state index in [-0.39, 0.29) is 11.9 Å². The molecule has 112 valence electrons. The second-order valence-electron chi connectivity index (χ2n) is 4.86. The number of aromatic nitrogens is 1. The van der Waals surface area contributed by atoms with Gasteiger partial charge in [0.2, 0.25) is 0 Å². The Labute approximate surface area is 134 Å². The van der Waals surface area contributed by atoms with Gasteiger partial charge in [0.15, 0.2) is 0 Å². The zero-order chi connectivity index (χ0) is 15.2. The van der Waals surface area contributed by atoms with E-state index in [9.17, 15) is 4.39 Å². The molecule has 1 unspecified atom stereocenters. The Kier molecular flexibility index (Phi) is 5.97. The number of nitrogens with zero attached hydrogens (tertiary/aromatic N) is 1. The Hall–Kier alpha value is -1.16. The van der Waals surface area contributed by atoms with E-state index < -0.39 is 0 Å². The molecule has 0 saturated carbocycles. The van der Waals surface area contributed by atoms with Gasteiger partial charge in [-0.05, 0) is 43.1 Å². The van der Waals surface area contributed by atoms with Crippen LogP contribution in [0.15, 0.2) is 36.7 Å². The highest BCUT2D eigenvalue weighted by Gasteiger charge is 2.16. The van der Waals surface area contributed by atoms with E-state index in [1.807, 2.05) is 12.1 Å². The second-order valence-corrected chi connectivity index (χ2v) is 5.67. The Morgan fingerprint density at radius 3 is 2.71 bits per heavy atom. The normalized spacial score (nSPS) is 12.4. The van der Waals surface area contributed by atoms with Crippen molar-refractivity contribution >= 4 is 23.2 Å². The number of benzene rings is 1. The molecule has 2 nitrogen and oxygen atoms in total. The van der Waals surface area contributed by atoms with Crippen molar-refractivity contribution in [3.8, 4) is 0 Å². The van der Waals surface area contributed by atoms with Crippen LogP contribution in [-0.2, 0) is 6.42 Å². The van der Waals surface area contributed by atoms with E-state index in [4.69, 9.17) is 23.2 Å². The Bertz CT molecular complexity index is 605. The SMILES string of the molecule is CCCNC(Cc1ccc(Cl)c(Cl)c1)c1ccncc1F. The molecule has 0 aliphatic rings. The maximum atomic E-state index is 14.0. The van der Waals surface area contributed by atoms with Crippen molar-refractivity contribution in [3.05, 3.63) is 63.6 Å². The molecule has 0 saturated heterocycles. The lowest BCUT2D eigenvalue weighted by molar-refractivity contribution is 0.495. The van der Waals surface area contributed by atoms with Crippen LogP contribution in [-0.4, -0.2) is 11.5 Å². The van der Waals surface area contributed by atoms with Crippen LogP contribution in [0.25, 0.3) is 0 Å². The first kappa shape index (κ1) is 16.2. The predicted octanol–water partition coefficient (Wildman–Crippen LogP) is 4.81. The lowest BCUT2D eigenvalue weighted by atomic mass is 9.99. The zero-order valence-electron chi connectivity index (χ0n) is 11.7. The summed E-state index contributed by atoms with van der Waals surface area (Å²) in [4.78, 5) is 3.80. The molecule has 0 amide bonds. The molecule has 21 heavy (non-hydrogen) atoms. The van der Waals surface area contributed by atoms with E-state index in [1.165, 1.54) is 6.20 Å². The van der Waals surface area contributed by atoms with Crippen molar-refractivity contribution < 1.29 is 4.39 Å². The number of hydrogen-bond acceptors (Lipinski definition) is 2. The number of nitrogens with one attached hydrogen (secondary N) is 1. The van der Waals surface area contributed by atoms with E-state index in [0.717, 1.165) is 18.5 Å². The summed E-state index contributed by atoms with van der Waals surface area (Å²) in [5.74, 6) is -0.300. The molecule has 2 aromatic rings. The minimum atomic E-state index is -0.300. The fraction of sp³-hybridized carbons (Fsp3) is 0.312. The summed E-state index contributed by atoms with van der Waals surface area (Å²) in [7, 11) is 0. The first-order valence-corrected chi connectivity index (χ1v) is 7.64. The smallest absolute Gasteiger partial charge is 0.146 e. The molecule has 1 N–H and O–H groups in total. The van der Waals surface area contributed by atoms with Gasteiger partial charge in [-0.15, -0.1) is 0 Å². The summed E-state index contributed by atoms with van der Waals surface area (Å²) in [6.07, 6.45) is 4.46. The van der Waals surface area contributed by atoms with Crippen molar-refractivity contribution in [2.75, 3.05) is 6.54 Å². The molecule has 0 bridgehead atoms. The molecule has 0 fully saturated rings. The molecule has 0 radical (unpaired) electrons. The maximum Gasteiger partial charge on any atom is 0.146 e. The average molecular weight is 327 g/mol. The third-order valence-electron chi connectivity index (χ3n) is 3.24. The van der Waals surface area contributed by atoms with Gasteiger partial charge in [-0.1, -0.05) is 36.2 Å². The van der Waals surface area contributed by atoms with E-state index in [2.05, 4.69) is 17.2 Å². The molecule has 5 heteroatoms. The quantitative estimate of drug-likeness (QED) is 0.823. The van der Waals surface area contributed by atoms with E-state index in [0.29, 0.717) is 22.0 Å². The van der Waals surface area contributed by atoms with Gasteiger partial charge in [0, 0.05) is 17.8 Å². The summed E-state index contributed by atoms with van der Waals surface area (Å²) in [5, 5.41) is 4.40. The van der Waals surface area contributed by atoms with Crippen molar-refractivity contribution in [1.29, 1.82) is 0 Å². The Morgan fingerprint density at radius 1 is 1.24 bits per heavy atom. The summed E-state index contributed by atoms with van der Waals surface area (Å²) < 4.78 is 14.0. The third-order valence-corrected chi connectivity index (χ3v) is 3.98. The van der Waals surface area contributed by atoms with Gasteiger partial charge in [0.1, 0.15) is 5.82 Å². The standard InChI is InChI=1S/C16H17Cl2FN2/c1-2-6-21-16(12-5-7-20-10-15(12)19)9-11-3-4-13(17)14(18)8-11/h3-5,7-8,10,16,21H,2,6,9H2,1H3. The van der Waals surface area contributed by atoms with Crippen LogP contribution in [0.4, 0.5) is 4.39 Å². The summed E-state index contributed by atoms with van der Waals surface area (Å²) >= 11 is 12.0. The molecular weight excluding hydrogens is 310 g/mol. The van der Waals surface area contributed by atoms with Crippen molar-refractivity contribution in [2.24, 2.45) is 0 Å². The van der Waals surface area contributed by atoms with Crippen LogP contribution < -0.4 is 5.32 Å². The fourth-order valence-corrected chi connectivity index (χ4v) is 2.50. The minimum absolute atomic E-state index is 0.120. The van der Waals surface area contributed by atoms with Gasteiger partial charge >= 0.3 is 0 Å².